The number of ether oxygens (including phenoxy) is 2. The van der Waals surface area contributed by atoms with Gasteiger partial charge in [0.15, 0.2) is 0 Å². The number of hydrogen-bond donors (Lipinski definition) is 0. The Balaban J connectivity index is 4.95. The van der Waals surface area contributed by atoms with Crippen molar-refractivity contribution in [1.82, 2.24) is 0 Å². The van der Waals surface area contributed by atoms with Crippen molar-refractivity contribution in [2.45, 2.75) is 12.4 Å². The Morgan fingerprint density at radius 3 is 2.21 bits per heavy atom. The molecular formula is C6H9F3O4S. The van der Waals surface area contributed by atoms with E-state index in [1.807, 2.05) is 0 Å². The number of hydrogen-bond acceptors (Lipinski definition) is 4. The number of rotatable bonds is 4. The van der Waals surface area contributed by atoms with E-state index in [0.29, 0.717) is 0 Å². The maximum Gasteiger partial charge on any atom is 0.501 e. The standard InChI is InChI=1S/C6H9F3O4S/c1-3-13-5(12-2)4-14(10,11)6(7,8)9/h4H,3H2,1-2H3/b5-4-. The molecule has 0 aromatic rings. The molecule has 4 nitrogen and oxygen atoms in total. The first-order chi connectivity index (χ1) is 6.24. The van der Waals surface area contributed by atoms with Crippen molar-refractivity contribution in [3.63, 3.8) is 0 Å². The molecule has 8 heteroatoms. The lowest BCUT2D eigenvalue weighted by Gasteiger charge is -2.07. The van der Waals surface area contributed by atoms with Crippen molar-refractivity contribution < 1.29 is 31.1 Å². The second kappa shape index (κ2) is 4.54. The van der Waals surface area contributed by atoms with E-state index in [9.17, 15) is 21.6 Å². The van der Waals surface area contributed by atoms with Crippen molar-refractivity contribution in [1.29, 1.82) is 0 Å². The molecule has 14 heavy (non-hydrogen) atoms. The quantitative estimate of drug-likeness (QED) is 0.690. The van der Waals surface area contributed by atoms with Crippen LogP contribution in [0.15, 0.2) is 11.4 Å². The second-order valence-corrected chi connectivity index (χ2v) is 3.85. The summed E-state index contributed by atoms with van der Waals surface area (Å²) in [6.07, 6.45) is 0. The summed E-state index contributed by atoms with van der Waals surface area (Å²) in [5.74, 6) is -0.690. The van der Waals surface area contributed by atoms with E-state index in [0.717, 1.165) is 7.11 Å². The number of alkyl halides is 3. The maximum atomic E-state index is 11.8. The normalized spacial score (nSPS) is 13.9. The van der Waals surface area contributed by atoms with Gasteiger partial charge in [-0.3, -0.25) is 0 Å². The first kappa shape index (κ1) is 13.1. The van der Waals surface area contributed by atoms with Crippen molar-refractivity contribution >= 4 is 9.84 Å². The second-order valence-electron chi connectivity index (χ2n) is 2.06. The van der Waals surface area contributed by atoms with Crippen molar-refractivity contribution in [3.05, 3.63) is 11.4 Å². The molecule has 0 aliphatic carbocycles. The summed E-state index contributed by atoms with van der Waals surface area (Å²) in [6.45, 7) is 1.49. The lowest BCUT2D eigenvalue weighted by atomic mass is 10.8. The van der Waals surface area contributed by atoms with E-state index >= 15 is 0 Å². The molecule has 0 amide bonds. The number of halogens is 3. The minimum absolute atomic E-state index is 0.00699. The molecule has 0 bridgehead atoms. The zero-order valence-corrected chi connectivity index (χ0v) is 8.28. The Kier molecular flexibility index (Phi) is 4.24. The van der Waals surface area contributed by atoms with Gasteiger partial charge in [-0.25, -0.2) is 8.42 Å². The molecule has 0 aromatic carbocycles. The third-order valence-corrected chi connectivity index (χ3v) is 2.21. The van der Waals surface area contributed by atoms with Gasteiger partial charge in [0.1, 0.15) is 5.41 Å². The van der Waals surface area contributed by atoms with E-state index < -0.39 is 21.3 Å². The average Bonchev–Trinajstić information content (AvgIpc) is 2.01. The number of methoxy groups -OCH3 is 1. The Morgan fingerprint density at radius 2 is 1.93 bits per heavy atom. The third-order valence-electron chi connectivity index (χ3n) is 1.06. The summed E-state index contributed by atoms with van der Waals surface area (Å²) in [4.78, 5) is 0. The van der Waals surface area contributed by atoms with Crippen LogP contribution in [0.5, 0.6) is 0 Å². The fourth-order valence-electron chi connectivity index (χ4n) is 0.477. The van der Waals surface area contributed by atoms with E-state index in [4.69, 9.17) is 0 Å². The van der Waals surface area contributed by atoms with Gasteiger partial charge in [-0.1, -0.05) is 0 Å². The summed E-state index contributed by atoms with van der Waals surface area (Å²) in [6, 6.07) is 0. The molecule has 0 saturated heterocycles. The largest absolute Gasteiger partial charge is 0.501 e. The fraction of sp³-hybridized carbons (Fsp3) is 0.667. The predicted octanol–water partition coefficient (Wildman–Crippen LogP) is 1.40. The van der Waals surface area contributed by atoms with Crippen LogP contribution in [-0.2, 0) is 19.3 Å². The van der Waals surface area contributed by atoms with Crippen LogP contribution >= 0.6 is 0 Å². The van der Waals surface area contributed by atoms with Gasteiger partial charge >= 0.3 is 5.51 Å². The molecule has 84 valence electrons. The zero-order valence-electron chi connectivity index (χ0n) is 7.46. The lowest BCUT2D eigenvalue weighted by Crippen LogP contribution is -2.21. The third kappa shape index (κ3) is 3.44. The minimum Gasteiger partial charge on any atom is -0.468 e. The highest BCUT2D eigenvalue weighted by atomic mass is 32.2. The first-order valence-electron chi connectivity index (χ1n) is 3.44. The molecule has 0 aliphatic heterocycles. The Morgan fingerprint density at radius 1 is 1.43 bits per heavy atom. The van der Waals surface area contributed by atoms with Gasteiger partial charge in [-0.05, 0) is 6.92 Å². The van der Waals surface area contributed by atoms with Crippen LogP contribution in [0.3, 0.4) is 0 Å². The van der Waals surface area contributed by atoms with Gasteiger partial charge in [0, 0.05) is 0 Å². The molecule has 0 fully saturated rings. The van der Waals surface area contributed by atoms with Gasteiger partial charge < -0.3 is 9.47 Å². The van der Waals surface area contributed by atoms with Crippen LogP contribution in [0, 0.1) is 0 Å². The van der Waals surface area contributed by atoms with Crippen LogP contribution in [0.4, 0.5) is 13.2 Å². The maximum absolute atomic E-state index is 11.8. The Hall–Kier alpha value is -0.920. The smallest absolute Gasteiger partial charge is 0.468 e. The highest BCUT2D eigenvalue weighted by molar-refractivity contribution is 7.95. The molecule has 0 aromatic heterocycles. The van der Waals surface area contributed by atoms with Crippen molar-refractivity contribution in [3.8, 4) is 0 Å². The Labute approximate surface area is 79.2 Å². The summed E-state index contributed by atoms with van der Waals surface area (Å²) < 4.78 is 65.3. The molecule has 0 aliphatic rings. The Bertz CT molecular complexity index is 304. The van der Waals surface area contributed by atoms with Crippen molar-refractivity contribution in [2.75, 3.05) is 13.7 Å². The average molecular weight is 234 g/mol. The van der Waals surface area contributed by atoms with Gasteiger partial charge in [0.25, 0.3) is 15.8 Å². The molecule has 0 heterocycles. The molecule has 0 spiro atoms. The first-order valence-corrected chi connectivity index (χ1v) is 4.99. The van der Waals surface area contributed by atoms with E-state index in [1.165, 1.54) is 6.92 Å². The van der Waals surface area contributed by atoms with Crippen LogP contribution in [0.2, 0.25) is 0 Å². The summed E-state index contributed by atoms with van der Waals surface area (Å²) >= 11 is 0. The van der Waals surface area contributed by atoms with Gasteiger partial charge in [-0.15, -0.1) is 0 Å². The van der Waals surface area contributed by atoms with Crippen LogP contribution in [0.25, 0.3) is 0 Å². The van der Waals surface area contributed by atoms with Gasteiger partial charge in [-0.2, -0.15) is 13.2 Å². The van der Waals surface area contributed by atoms with Crippen LogP contribution in [-0.4, -0.2) is 27.6 Å². The van der Waals surface area contributed by atoms with E-state index in [-0.39, 0.29) is 12.0 Å². The summed E-state index contributed by atoms with van der Waals surface area (Å²) in [5, 5.41) is -0.101. The molecule has 0 unspecified atom stereocenters. The molecule has 0 saturated carbocycles. The molecule has 0 radical (unpaired) electrons. The molecule has 0 rings (SSSR count). The predicted molar refractivity (Wildman–Crippen MR) is 41.7 cm³/mol. The molecule has 0 N–H and O–H groups in total. The molecule has 0 atom stereocenters. The SMILES string of the molecule is CCO/C(=C\S(=O)(=O)C(F)(F)F)OC. The topological polar surface area (TPSA) is 52.6 Å². The van der Waals surface area contributed by atoms with Crippen LogP contribution in [0.1, 0.15) is 6.92 Å². The van der Waals surface area contributed by atoms with E-state index in [2.05, 4.69) is 9.47 Å². The highest BCUT2D eigenvalue weighted by Crippen LogP contribution is 2.25. The van der Waals surface area contributed by atoms with Gasteiger partial charge in [0.05, 0.1) is 13.7 Å². The highest BCUT2D eigenvalue weighted by Gasteiger charge is 2.45. The summed E-state index contributed by atoms with van der Waals surface area (Å²) in [7, 11) is -4.34. The monoisotopic (exact) mass is 234 g/mol. The van der Waals surface area contributed by atoms with Crippen molar-refractivity contribution in [2.24, 2.45) is 0 Å². The fourth-order valence-corrected chi connectivity index (χ4v) is 1.03. The van der Waals surface area contributed by atoms with Crippen LogP contribution < -0.4 is 0 Å². The minimum atomic E-state index is -5.34. The summed E-state index contributed by atoms with van der Waals surface area (Å²) in [5.41, 5.74) is -5.34. The number of sulfone groups is 1. The molecular weight excluding hydrogens is 225 g/mol. The zero-order chi connectivity index (χ0) is 11.4. The van der Waals surface area contributed by atoms with E-state index in [1.54, 1.807) is 0 Å². The lowest BCUT2D eigenvalue weighted by molar-refractivity contribution is -0.0427. The van der Waals surface area contributed by atoms with Gasteiger partial charge in [0.2, 0.25) is 0 Å².